The fraction of sp³-hybridized carbons (Fsp3) is 0.438. The molecule has 0 atom stereocenters. The molecule has 9 heteroatoms. The molecule has 0 bridgehead atoms. The van der Waals surface area contributed by atoms with Gasteiger partial charge in [0.25, 0.3) is 5.91 Å². The average molecular weight is 353 g/mol. The highest BCUT2D eigenvalue weighted by Gasteiger charge is 2.26. The number of halogens is 1. The van der Waals surface area contributed by atoms with Gasteiger partial charge in [0.15, 0.2) is 6.54 Å². The molecule has 1 saturated heterocycles. The highest BCUT2D eigenvalue weighted by Crippen LogP contribution is 2.11. The van der Waals surface area contributed by atoms with E-state index in [9.17, 15) is 18.8 Å². The summed E-state index contributed by atoms with van der Waals surface area (Å²) < 4.78 is 18.4. The van der Waals surface area contributed by atoms with Gasteiger partial charge in [0.1, 0.15) is 5.82 Å². The minimum atomic E-state index is -0.778. The number of quaternary nitrogens is 1. The maximum absolute atomic E-state index is 13.4. The highest BCUT2D eigenvalue weighted by atomic mass is 19.1. The Morgan fingerprint density at radius 3 is 2.56 bits per heavy atom. The molecule has 1 aromatic rings. The third-order valence-electron chi connectivity index (χ3n) is 3.78. The van der Waals surface area contributed by atoms with E-state index in [2.05, 4.69) is 10.6 Å². The first-order valence-corrected chi connectivity index (χ1v) is 8.10. The van der Waals surface area contributed by atoms with Crippen LogP contribution in [0, 0.1) is 5.82 Å². The normalized spacial score (nSPS) is 14.7. The van der Waals surface area contributed by atoms with E-state index in [1.54, 1.807) is 17.9 Å². The number of hydrogen-bond acceptors (Lipinski definition) is 4. The number of carbonyl (C=O) groups is 3. The zero-order chi connectivity index (χ0) is 18.2. The van der Waals surface area contributed by atoms with Gasteiger partial charge in [0, 0.05) is 0 Å². The average Bonchev–Trinajstić information content (AvgIpc) is 2.57. The number of imide groups is 1. The monoisotopic (exact) mass is 353 g/mol. The number of rotatable bonds is 4. The molecule has 8 nitrogen and oxygen atoms in total. The van der Waals surface area contributed by atoms with Crippen molar-refractivity contribution >= 4 is 23.7 Å². The molecule has 1 aliphatic heterocycles. The molecule has 1 aromatic carbocycles. The Hall–Kier alpha value is -2.68. The number of anilines is 1. The lowest BCUT2D eigenvalue weighted by Crippen LogP contribution is -3.15. The fourth-order valence-corrected chi connectivity index (χ4v) is 2.51. The molecule has 4 amide bonds. The van der Waals surface area contributed by atoms with Crippen LogP contribution in [0.25, 0.3) is 0 Å². The lowest BCUT2D eigenvalue weighted by molar-refractivity contribution is -0.896. The maximum atomic E-state index is 13.4. The Balaban J connectivity index is 1.73. The van der Waals surface area contributed by atoms with E-state index in [4.69, 9.17) is 4.74 Å². The van der Waals surface area contributed by atoms with Gasteiger partial charge in [-0.05, 0) is 19.1 Å². The largest absolute Gasteiger partial charge is 0.450 e. The number of benzene rings is 1. The van der Waals surface area contributed by atoms with Crippen LogP contribution < -0.4 is 15.5 Å². The molecular formula is C16H22FN4O4+. The number of nitrogens with one attached hydrogen (secondary N) is 3. The van der Waals surface area contributed by atoms with Crippen LogP contribution in [-0.2, 0) is 9.53 Å². The van der Waals surface area contributed by atoms with Crippen LogP contribution in [0.15, 0.2) is 24.3 Å². The van der Waals surface area contributed by atoms with E-state index >= 15 is 0 Å². The molecule has 0 saturated carbocycles. The summed E-state index contributed by atoms with van der Waals surface area (Å²) in [5.41, 5.74) is 0.00296. The molecule has 136 valence electrons. The molecular weight excluding hydrogens is 331 g/mol. The molecule has 3 N–H and O–H groups in total. The van der Waals surface area contributed by atoms with Gasteiger partial charge in [-0.25, -0.2) is 14.0 Å². The van der Waals surface area contributed by atoms with Crippen molar-refractivity contribution in [2.45, 2.75) is 6.92 Å². The third-order valence-corrected chi connectivity index (χ3v) is 3.78. The molecule has 0 aromatic heterocycles. The van der Waals surface area contributed by atoms with Gasteiger partial charge in [-0.1, -0.05) is 12.1 Å². The Bertz CT molecular complexity index is 632. The number of urea groups is 1. The van der Waals surface area contributed by atoms with Crippen molar-refractivity contribution in [2.75, 3.05) is 44.6 Å². The predicted octanol–water partition coefficient (Wildman–Crippen LogP) is -0.169. The van der Waals surface area contributed by atoms with Gasteiger partial charge in [-0.2, -0.15) is 0 Å². The van der Waals surface area contributed by atoms with E-state index in [1.807, 2.05) is 0 Å². The molecule has 0 spiro atoms. The van der Waals surface area contributed by atoms with E-state index < -0.39 is 17.8 Å². The molecule has 25 heavy (non-hydrogen) atoms. The van der Waals surface area contributed by atoms with Crippen LogP contribution in [0.3, 0.4) is 0 Å². The predicted molar refractivity (Wildman–Crippen MR) is 87.7 cm³/mol. The number of carbonyl (C=O) groups excluding carboxylic acids is 3. The molecule has 0 aliphatic carbocycles. The van der Waals surface area contributed by atoms with E-state index in [0.29, 0.717) is 32.8 Å². The van der Waals surface area contributed by atoms with Crippen LogP contribution in [0.1, 0.15) is 6.92 Å². The fourth-order valence-electron chi connectivity index (χ4n) is 2.51. The smallest absolute Gasteiger partial charge is 0.410 e. The first kappa shape index (κ1) is 18.7. The minimum Gasteiger partial charge on any atom is -0.450 e. The summed E-state index contributed by atoms with van der Waals surface area (Å²) in [5.74, 6) is -1.04. The molecule has 0 radical (unpaired) electrons. The highest BCUT2D eigenvalue weighted by molar-refractivity contribution is 6.01. The van der Waals surface area contributed by atoms with Gasteiger partial charge in [-0.3, -0.25) is 15.0 Å². The zero-order valence-electron chi connectivity index (χ0n) is 14.0. The van der Waals surface area contributed by atoms with Crippen LogP contribution in [0.5, 0.6) is 0 Å². The zero-order valence-corrected chi connectivity index (χ0v) is 14.0. The number of hydrogen-bond donors (Lipinski definition) is 3. The Kier molecular flexibility index (Phi) is 6.70. The summed E-state index contributed by atoms with van der Waals surface area (Å²) in [4.78, 5) is 37.8. The van der Waals surface area contributed by atoms with E-state index in [0.717, 1.165) is 4.90 Å². The van der Waals surface area contributed by atoms with Crippen molar-refractivity contribution in [3.05, 3.63) is 30.1 Å². The lowest BCUT2D eigenvalue weighted by atomic mass is 10.3. The lowest BCUT2D eigenvalue weighted by Gasteiger charge is -2.31. The molecule has 1 heterocycles. The van der Waals surface area contributed by atoms with Crippen molar-refractivity contribution in [1.82, 2.24) is 10.2 Å². The second-order valence-electron chi connectivity index (χ2n) is 5.59. The number of piperazine rings is 1. The summed E-state index contributed by atoms with van der Waals surface area (Å²) in [6.45, 7) is 4.32. The van der Waals surface area contributed by atoms with Gasteiger partial charge in [-0.15, -0.1) is 0 Å². The molecule has 0 unspecified atom stereocenters. The van der Waals surface area contributed by atoms with Gasteiger partial charge < -0.3 is 15.0 Å². The van der Waals surface area contributed by atoms with Crippen molar-refractivity contribution in [2.24, 2.45) is 0 Å². The van der Waals surface area contributed by atoms with Crippen molar-refractivity contribution in [1.29, 1.82) is 0 Å². The minimum absolute atomic E-state index is 0.00296. The van der Waals surface area contributed by atoms with Gasteiger partial charge in [0.05, 0.1) is 38.5 Å². The standard InChI is InChI=1S/C16H21FN4O4/c1-2-25-16(24)21-9-7-20(8-10-21)11-14(22)19-15(23)18-13-6-4-3-5-12(13)17/h3-6H,2,7-11H2,1H3,(H2,18,19,22,23)/p+1. The van der Waals surface area contributed by atoms with Crippen LogP contribution in [-0.4, -0.2) is 62.3 Å². The van der Waals surface area contributed by atoms with Crippen molar-refractivity contribution < 1.29 is 28.4 Å². The number of amides is 4. The van der Waals surface area contributed by atoms with E-state index in [1.165, 1.54) is 18.2 Å². The topological polar surface area (TPSA) is 92.2 Å². The Morgan fingerprint density at radius 1 is 1.24 bits per heavy atom. The van der Waals surface area contributed by atoms with Gasteiger partial charge in [0.2, 0.25) is 0 Å². The maximum Gasteiger partial charge on any atom is 0.410 e. The Morgan fingerprint density at radius 2 is 1.92 bits per heavy atom. The summed E-state index contributed by atoms with van der Waals surface area (Å²) in [5, 5.41) is 4.47. The van der Waals surface area contributed by atoms with Crippen molar-refractivity contribution in [3.63, 3.8) is 0 Å². The molecule has 1 aliphatic rings. The first-order chi connectivity index (χ1) is 12.0. The molecule has 2 rings (SSSR count). The van der Waals surface area contributed by atoms with Crippen LogP contribution in [0.2, 0.25) is 0 Å². The van der Waals surface area contributed by atoms with E-state index in [-0.39, 0.29) is 18.3 Å². The first-order valence-electron chi connectivity index (χ1n) is 8.10. The van der Waals surface area contributed by atoms with Gasteiger partial charge >= 0.3 is 12.1 Å². The Labute approximate surface area is 144 Å². The summed E-state index contributed by atoms with van der Waals surface area (Å²) in [6, 6.07) is 4.92. The van der Waals surface area contributed by atoms with Crippen LogP contribution in [0.4, 0.5) is 19.7 Å². The second-order valence-corrected chi connectivity index (χ2v) is 5.59. The summed E-state index contributed by atoms with van der Waals surface area (Å²) >= 11 is 0. The third kappa shape index (κ3) is 5.71. The van der Waals surface area contributed by atoms with Crippen molar-refractivity contribution in [3.8, 4) is 0 Å². The number of nitrogens with zero attached hydrogens (tertiary/aromatic N) is 1. The summed E-state index contributed by atoms with van der Waals surface area (Å²) in [6.07, 6.45) is -0.352. The quantitative estimate of drug-likeness (QED) is 0.701. The number of para-hydroxylation sites is 1. The molecule has 1 fully saturated rings. The summed E-state index contributed by atoms with van der Waals surface area (Å²) in [7, 11) is 0. The second kappa shape index (κ2) is 8.97. The number of ether oxygens (including phenoxy) is 1. The SMILES string of the molecule is CCOC(=O)N1CC[NH+](CC(=O)NC(=O)Nc2ccccc2F)CC1. The van der Waals surface area contributed by atoms with Crippen LogP contribution >= 0.6 is 0 Å².